The molecule has 0 bridgehead atoms. The fraction of sp³-hybridized carbons (Fsp3) is 0.316. The number of halogens is 5. The van der Waals surface area contributed by atoms with Gasteiger partial charge in [0.25, 0.3) is 5.91 Å². The fourth-order valence-electron chi connectivity index (χ4n) is 7.22. The van der Waals surface area contributed by atoms with Gasteiger partial charge in [0.15, 0.2) is 29.6 Å². The zero-order valence-corrected chi connectivity index (χ0v) is 27.8. The lowest BCUT2D eigenvalue weighted by Gasteiger charge is -2.45. The number of nitrogens with one attached hydrogen (secondary N) is 2. The number of hydrogen-bond donors (Lipinski definition) is 3. The first-order chi connectivity index (χ1) is 25.1. The number of nitrogens with zero attached hydrogens (tertiary/aromatic N) is 2. The Morgan fingerprint density at radius 1 is 0.846 bits per heavy atom. The van der Waals surface area contributed by atoms with Crippen molar-refractivity contribution in [3.8, 4) is 0 Å². The fourth-order valence-corrected chi connectivity index (χ4v) is 7.22. The highest BCUT2D eigenvalue weighted by atomic mass is 19.2. The molecule has 3 N–H and O–H groups in total. The van der Waals surface area contributed by atoms with Crippen molar-refractivity contribution >= 4 is 23.2 Å². The van der Waals surface area contributed by atoms with E-state index in [-0.39, 0.29) is 24.3 Å². The molecule has 4 aromatic rings. The van der Waals surface area contributed by atoms with Crippen molar-refractivity contribution in [3.63, 3.8) is 0 Å². The number of aliphatic hydroxyl groups is 1. The second-order valence-corrected chi connectivity index (χ2v) is 13.1. The van der Waals surface area contributed by atoms with Crippen molar-refractivity contribution in [2.45, 2.75) is 49.9 Å². The molecule has 0 unspecified atom stereocenters. The summed E-state index contributed by atoms with van der Waals surface area (Å²) in [4.78, 5) is 30.4. The van der Waals surface area contributed by atoms with Crippen LogP contribution in [0.4, 0.5) is 33.3 Å². The third kappa shape index (κ3) is 6.74. The van der Waals surface area contributed by atoms with Crippen LogP contribution in [-0.2, 0) is 20.9 Å². The molecule has 9 nitrogen and oxygen atoms in total. The minimum Gasteiger partial charge on any atom is -0.392 e. The second-order valence-electron chi connectivity index (χ2n) is 13.1. The van der Waals surface area contributed by atoms with Crippen LogP contribution in [0.25, 0.3) is 0 Å². The van der Waals surface area contributed by atoms with Crippen LogP contribution in [0.2, 0.25) is 0 Å². The largest absolute Gasteiger partial charge is 0.392 e. The average Bonchev–Trinajstić information content (AvgIpc) is 3.48. The van der Waals surface area contributed by atoms with Crippen LogP contribution in [-0.4, -0.2) is 59.8 Å². The number of anilines is 2. The molecule has 3 fully saturated rings. The normalized spacial score (nSPS) is 21.7. The molecule has 2 amide bonds. The molecule has 272 valence electrons. The van der Waals surface area contributed by atoms with Crippen LogP contribution < -0.4 is 15.5 Å². The Kier molecular flexibility index (Phi) is 9.98. The van der Waals surface area contributed by atoms with Gasteiger partial charge in [-0.05, 0) is 48.2 Å². The maximum Gasteiger partial charge on any atom is 0.261 e. The van der Waals surface area contributed by atoms with Gasteiger partial charge in [-0.15, -0.1) is 0 Å². The highest BCUT2D eigenvalue weighted by Gasteiger charge is 2.50. The van der Waals surface area contributed by atoms with E-state index in [1.54, 1.807) is 18.2 Å². The van der Waals surface area contributed by atoms with Gasteiger partial charge in [0.2, 0.25) is 11.7 Å². The van der Waals surface area contributed by atoms with E-state index in [1.807, 2.05) is 42.5 Å². The molecule has 3 aliphatic heterocycles. The lowest BCUT2D eigenvalue weighted by Crippen LogP contribution is -2.57. The first-order valence-corrected chi connectivity index (χ1v) is 16.8. The van der Waals surface area contributed by atoms with E-state index < -0.39 is 58.5 Å². The van der Waals surface area contributed by atoms with E-state index in [2.05, 4.69) is 20.4 Å². The summed E-state index contributed by atoms with van der Waals surface area (Å²) >= 11 is 0. The third-order valence-electron chi connectivity index (χ3n) is 10.0. The van der Waals surface area contributed by atoms with E-state index in [0.29, 0.717) is 51.1 Å². The van der Waals surface area contributed by atoms with Crippen molar-refractivity contribution in [1.29, 1.82) is 0 Å². The minimum absolute atomic E-state index is 0.00347. The van der Waals surface area contributed by atoms with Gasteiger partial charge in [-0.1, -0.05) is 54.6 Å². The maximum atomic E-state index is 14.4. The quantitative estimate of drug-likeness (QED) is 0.115. The number of aliphatic hydroxyl groups excluding tert-OH is 1. The van der Waals surface area contributed by atoms with Gasteiger partial charge in [-0.25, -0.2) is 22.0 Å². The van der Waals surface area contributed by atoms with Gasteiger partial charge in [-0.3, -0.25) is 9.59 Å². The Hall–Kier alpha value is -4.89. The number of amides is 2. The SMILES string of the molecule is O=C(Nc1cccc([C@@H]2O[C@H](CN3CCC4(CC3)C(=O)NCN4c3ccccc3)C[C@H](c3ccc(CO)cc3)O2)c1)c1c(F)c(F)c(F)c(F)c1F. The summed E-state index contributed by atoms with van der Waals surface area (Å²) in [6.07, 6.45) is -0.0891. The molecule has 0 saturated carbocycles. The standard InChI is InChI=1S/C38H35F5N4O5/c39-30-29(31(40)33(42)34(43)32(30)41)35(49)45-25-6-4-5-24(17-25)36-51-27(18-28(52-36)23-11-9-22(20-48)10-12-23)19-46-15-13-38(14-16-46)37(50)44-21-47(38)26-7-2-1-3-8-26/h1-12,17,27-28,36,48H,13-16,18-21H2,(H,44,50)(H,45,49)/t27-,28+,36+/m0/s1. The van der Waals surface area contributed by atoms with Gasteiger partial charge in [0.1, 0.15) is 11.1 Å². The van der Waals surface area contributed by atoms with E-state index in [1.165, 1.54) is 18.2 Å². The molecular formula is C38H35F5N4O5. The van der Waals surface area contributed by atoms with Crippen LogP contribution >= 0.6 is 0 Å². The van der Waals surface area contributed by atoms with E-state index in [0.717, 1.165) is 16.8 Å². The lowest BCUT2D eigenvalue weighted by molar-refractivity contribution is -0.253. The number of hydrogen-bond acceptors (Lipinski definition) is 7. The van der Waals surface area contributed by atoms with Crippen molar-refractivity contribution in [1.82, 2.24) is 10.2 Å². The number of piperidine rings is 1. The van der Waals surface area contributed by atoms with Crippen molar-refractivity contribution in [3.05, 3.63) is 130 Å². The molecule has 52 heavy (non-hydrogen) atoms. The Balaban J connectivity index is 1.09. The predicted octanol–water partition coefficient (Wildman–Crippen LogP) is 6.10. The van der Waals surface area contributed by atoms with Crippen molar-refractivity contribution < 1.29 is 46.1 Å². The van der Waals surface area contributed by atoms with Gasteiger partial charge in [-0.2, -0.15) is 0 Å². The number of rotatable bonds is 8. The lowest BCUT2D eigenvalue weighted by atomic mass is 9.85. The Morgan fingerprint density at radius 2 is 1.52 bits per heavy atom. The molecule has 7 rings (SSSR count). The molecule has 3 atom stereocenters. The third-order valence-corrected chi connectivity index (χ3v) is 10.0. The van der Waals surface area contributed by atoms with Crippen LogP contribution in [0.1, 0.15) is 58.7 Å². The van der Waals surface area contributed by atoms with Gasteiger partial charge < -0.3 is 35.0 Å². The average molecular weight is 723 g/mol. The maximum absolute atomic E-state index is 14.4. The zero-order chi connectivity index (χ0) is 36.6. The molecular weight excluding hydrogens is 687 g/mol. The van der Waals surface area contributed by atoms with Gasteiger partial charge >= 0.3 is 0 Å². The predicted molar refractivity (Wildman–Crippen MR) is 179 cm³/mol. The summed E-state index contributed by atoms with van der Waals surface area (Å²) in [6.45, 7) is 2.10. The highest BCUT2D eigenvalue weighted by molar-refractivity contribution is 6.04. The summed E-state index contributed by atoms with van der Waals surface area (Å²) in [5, 5.41) is 14.8. The van der Waals surface area contributed by atoms with E-state index in [4.69, 9.17) is 9.47 Å². The van der Waals surface area contributed by atoms with Crippen LogP contribution in [0, 0.1) is 29.1 Å². The first-order valence-electron chi connectivity index (χ1n) is 16.8. The van der Waals surface area contributed by atoms with E-state index >= 15 is 0 Å². The summed E-state index contributed by atoms with van der Waals surface area (Å²) in [7, 11) is 0. The Labute approximate surface area is 295 Å². The van der Waals surface area contributed by atoms with Crippen LogP contribution in [0.15, 0.2) is 78.9 Å². The van der Waals surface area contributed by atoms with Crippen molar-refractivity contribution in [2.24, 2.45) is 0 Å². The molecule has 0 aromatic heterocycles. The number of ether oxygens (including phenoxy) is 2. The second kappa shape index (κ2) is 14.6. The van der Waals surface area contributed by atoms with Gasteiger partial charge in [0, 0.05) is 43.0 Å². The van der Waals surface area contributed by atoms with Crippen LogP contribution in [0.3, 0.4) is 0 Å². The molecule has 3 saturated heterocycles. The zero-order valence-electron chi connectivity index (χ0n) is 27.8. The Morgan fingerprint density at radius 3 is 2.19 bits per heavy atom. The molecule has 4 aromatic carbocycles. The monoisotopic (exact) mass is 722 g/mol. The summed E-state index contributed by atoms with van der Waals surface area (Å²) in [5.41, 5.74) is 0.707. The molecule has 0 aliphatic carbocycles. The molecule has 0 radical (unpaired) electrons. The molecule has 3 heterocycles. The molecule has 14 heteroatoms. The number of benzene rings is 4. The van der Waals surface area contributed by atoms with Gasteiger partial charge in [0.05, 0.1) is 25.5 Å². The minimum atomic E-state index is -2.36. The molecule has 3 aliphatic rings. The first kappa shape index (κ1) is 35.5. The number of para-hydroxylation sites is 1. The number of carbonyl (C=O) groups is 2. The summed E-state index contributed by atoms with van der Waals surface area (Å²) in [6, 6.07) is 23.1. The Bertz CT molecular complexity index is 1930. The number of carbonyl (C=O) groups excluding carboxylic acids is 2. The highest BCUT2D eigenvalue weighted by Crippen LogP contribution is 2.40. The summed E-state index contributed by atoms with van der Waals surface area (Å²) in [5.74, 6) is -12.8. The van der Waals surface area contributed by atoms with Crippen molar-refractivity contribution in [2.75, 3.05) is 36.5 Å². The number of likely N-dealkylation sites (tertiary alicyclic amines) is 1. The smallest absolute Gasteiger partial charge is 0.261 e. The topological polar surface area (TPSA) is 103 Å². The van der Waals surface area contributed by atoms with Crippen LogP contribution in [0.5, 0.6) is 0 Å². The summed E-state index contributed by atoms with van der Waals surface area (Å²) < 4.78 is 82.7. The molecule has 1 spiro atoms. The van der Waals surface area contributed by atoms with E-state index in [9.17, 15) is 36.6 Å².